The maximum atomic E-state index is 11.7. The number of likely N-dealkylation sites (tertiary alicyclic amines) is 1. The number of aliphatic hydroxyl groups excluding tert-OH is 1. The Balaban J connectivity index is 2.26. The number of hydrogen-bond acceptors (Lipinski definition) is 3. The molecule has 2 amide bonds. The van der Waals surface area contributed by atoms with Gasteiger partial charge in [-0.2, -0.15) is 0 Å². The molecule has 0 radical (unpaired) electrons. The maximum absolute atomic E-state index is 11.7. The lowest BCUT2D eigenvalue weighted by atomic mass is 10.0. The summed E-state index contributed by atoms with van der Waals surface area (Å²) in [7, 11) is 0. The maximum Gasteiger partial charge on any atom is 0.230 e. The lowest BCUT2D eigenvalue weighted by Crippen LogP contribution is -2.31. The molecule has 1 fully saturated rings. The molecule has 0 bridgehead atoms. The average Bonchev–Trinajstić information content (AvgIpc) is 2.75. The van der Waals surface area contributed by atoms with Gasteiger partial charge in [0.25, 0.3) is 0 Å². The van der Waals surface area contributed by atoms with Gasteiger partial charge >= 0.3 is 0 Å². The molecule has 1 aromatic carbocycles. The van der Waals surface area contributed by atoms with E-state index < -0.39 is 0 Å². The number of rotatable bonds is 2. The predicted molar refractivity (Wildman–Crippen MR) is 69.9 cm³/mol. The largest absolute Gasteiger partial charge is 0.384 e. The van der Waals surface area contributed by atoms with Crippen molar-refractivity contribution >= 4 is 11.8 Å². The third-order valence-electron chi connectivity index (χ3n) is 3.16. The molecule has 4 nitrogen and oxygen atoms in total. The number of carbonyl (C=O) groups is 2. The number of aliphatic hydroxyl groups is 1. The summed E-state index contributed by atoms with van der Waals surface area (Å²) in [4.78, 5) is 24.7. The molecule has 1 saturated heterocycles. The van der Waals surface area contributed by atoms with E-state index in [0.29, 0.717) is 12.8 Å². The fraction of sp³-hybridized carbons (Fsp3) is 0.333. The zero-order chi connectivity index (χ0) is 13.8. The second kappa shape index (κ2) is 5.68. The second-order valence-electron chi connectivity index (χ2n) is 4.42. The molecule has 1 atom stereocenters. The zero-order valence-electron chi connectivity index (χ0n) is 10.7. The van der Waals surface area contributed by atoms with Crippen LogP contribution in [0.15, 0.2) is 24.3 Å². The topological polar surface area (TPSA) is 57.6 Å². The first-order chi connectivity index (χ1) is 9.13. The van der Waals surface area contributed by atoms with Crippen LogP contribution in [-0.2, 0) is 9.59 Å². The van der Waals surface area contributed by atoms with Gasteiger partial charge < -0.3 is 5.11 Å². The van der Waals surface area contributed by atoms with E-state index in [1.165, 1.54) is 4.90 Å². The molecule has 4 heteroatoms. The fourth-order valence-electron chi connectivity index (χ4n) is 2.19. The van der Waals surface area contributed by atoms with Crippen LogP contribution in [0.5, 0.6) is 0 Å². The molecule has 19 heavy (non-hydrogen) atoms. The number of benzene rings is 1. The number of carbonyl (C=O) groups excluding carboxylic acids is 2. The van der Waals surface area contributed by atoms with Crippen LogP contribution in [0.4, 0.5) is 0 Å². The van der Waals surface area contributed by atoms with Crippen molar-refractivity contribution in [2.45, 2.75) is 25.8 Å². The van der Waals surface area contributed by atoms with E-state index in [9.17, 15) is 9.59 Å². The first-order valence-electron chi connectivity index (χ1n) is 6.18. The lowest BCUT2D eigenvalue weighted by Gasteiger charge is -2.22. The van der Waals surface area contributed by atoms with Gasteiger partial charge in [-0.3, -0.25) is 14.5 Å². The van der Waals surface area contributed by atoms with Gasteiger partial charge in [0, 0.05) is 18.4 Å². The predicted octanol–water partition coefficient (Wildman–Crippen LogP) is 1.24. The van der Waals surface area contributed by atoms with Gasteiger partial charge in [-0.05, 0) is 24.6 Å². The monoisotopic (exact) mass is 257 g/mol. The van der Waals surface area contributed by atoms with Gasteiger partial charge in [-0.15, -0.1) is 0 Å². The van der Waals surface area contributed by atoms with Gasteiger partial charge in [-0.25, -0.2) is 0 Å². The third-order valence-corrected chi connectivity index (χ3v) is 3.16. The van der Waals surface area contributed by atoms with Crippen molar-refractivity contribution in [3.8, 4) is 11.8 Å². The molecule has 1 aliphatic heterocycles. The Hall–Kier alpha value is -2.12. The molecule has 0 aliphatic carbocycles. The van der Waals surface area contributed by atoms with E-state index >= 15 is 0 Å². The number of nitrogens with zero attached hydrogens (tertiary/aromatic N) is 1. The van der Waals surface area contributed by atoms with Crippen LogP contribution in [-0.4, -0.2) is 28.4 Å². The number of amides is 2. The molecule has 0 spiro atoms. The molecular weight excluding hydrogens is 242 g/mol. The van der Waals surface area contributed by atoms with Crippen molar-refractivity contribution in [3.05, 3.63) is 35.4 Å². The summed E-state index contributed by atoms with van der Waals surface area (Å²) in [5, 5.41) is 8.68. The van der Waals surface area contributed by atoms with Crippen LogP contribution in [0.25, 0.3) is 0 Å². The summed E-state index contributed by atoms with van der Waals surface area (Å²) >= 11 is 0. The van der Waals surface area contributed by atoms with Crippen molar-refractivity contribution in [2.24, 2.45) is 0 Å². The van der Waals surface area contributed by atoms with Crippen LogP contribution in [0, 0.1) is 11.8 Å². The minimum Gasteiger partial charge on any atom is -0.384 e. The third kappa shape index (κ3) is 2.83. The highest BCUT2D eigenvalue weighted by atomic mass is 16.2. The summed E-state index contributed by atoms with van der Waals surface area (Å²) in [6.07, 6.45) is 0.598. The van der Waals surface area contributed by atoms with Crippen LogP contribution in [0.2, 0.25) is 0 Å². The van der Waals surface area contributed by atoms with Crippen molar-refractivity contribution in [2.75, 3.05) is 6.61 Å². The minimum absolute atomic E-state index is 0.121. The Morgan fingerprint density at radius 3 is 2.63 bits per heavy atom. The second-order valence-corrected chi connectivity index (χ2v) is 4.42. The van der Waals surface area contributed by atoms with Gasteiger partial charge in [0.1, 0.15) is 6.61 Å². The van der Waals surface area contributed by atoms with Crippen molar-refractivity contribution in [1.29, 1.82) is 0 Å². The molecule has 1 aromatic rings. The van der Waals surface area contributed by atoms with Crippen molar-refractivity contribution in [3.63, 3.8) is 0 Å². The first-order valence-corrected chi connectivity index (χ1v) is 6.18. The summed E-state index contributed by atoms with van der Waals surface area (Å²) in [6.45, 7) is 1.64. The molecule has 2 rings (SSSR count). The quantitative estimate of drug-likeness (QED) is 0.640. The van der Waals surface area contributed by atoms with Crippen molar-refractivity contribution in [1.82, 2.24) is 4.90 Å². The van der Waals surface area contributed by atoms with Crippen LogP contribution < -0.4 is 0 Å². The zero-order valence-corrected chi connectivity index (χ0v) is 10.7. The normalized spacial score (nSPS) is 16.2. The van der Waals surface area contributed by atoms with Gasteiger partial charge in [0.05, 0.1) is 6.04 Å². The Labute approximate surface area is 112 Å². The molecule has 0 saturated carbocycles. The molecule has 98 valence electrons. The highest BCUT2D eigenvalue weighted by molar-refractivity contribution is 6.02. The minimum atomic E-state index is -0.279. The van der Waals surface area contributed by atoms with Crippen molar-refractivity contribution < 1.29 is 14.7 Å². The Bertz CT molecular complexity index is 552. The molecule has 1 heterocycles. The molecule has 1 aliphatic rings. The highest BCUT2D eigenvalue weighted by Gasteiger charge is 2.33. The van der Waals surface area contributed by atoms with E-state index in [1.807, 2.05) is 31.2 Å². The van der Waals surface area contributed by atoms with Crippen LogP contribution in [0.3, 0.4) is 0 Å². The average molecular weight is 257 g/mol. The van der Waals surface area contributed by atoms with E-state index in [-0.39, 0.29) is 24.5 Å². The highest BCUT2D eigenvalue weighted by Crippen LogP contribution is 2.26. The van der Waals surface area contributed by atoms with Gasteiger partial charge in [0.2, 0.25) is 11.8 Å². The molecule has 1 N–H and O–H groups in total. The van der Waals surface area contributed by atoms with Gasteiger partial charge in [0.15, 0.2) is 0 Å². The first kappa shape index (κ1) is 13.3. The van der Waals surface area contributed by atoms with E-state index in [0.717, 1.165) is 11.1 Å². The van der Waals surface area contributed by atoms with Crippen LogP contribution >= 0.6 is 0 Å². The number of hydrogen-bond donors (Lipinski definition) is 1. The Morgan fingerprint density at radius 1 is 1.32 bits per heavy atom. The molecule has 1 unspecified atom stereocenters. The lowest BCUT2D eigenvalue weighted by molar-refractivity contribution is -0.140. The fourth-order valence-corrected chi connectivity index (χ4v) is 2.19. The molecular formula is C15H15NO3. The molecule has 0 aromatic heterocycles. The summed E-state index contributed by atoms with van der Waals surface area (Å²) in [6, 6.07) is 7.09. The van der Waals surface area contributed by atoms with Gasteiger partial charge in [-0.1, -0.05) is 24.0 Å². The van der Waals surface area contributed by atoms with Crippen LogP contribution in [0.1, 0.15) is 36.9 Å². The van der Waals surface area contributed by atoms with E-state index in [2.05, 4.69) is 11.8 Å². The van der Waals surface area contributed by atoms with E-state index in [1.54, 1.807) is 0 Å². The summed E-state index contributed by atoms with van der Waals surface area (Å²) < 4.78 is 0. The standard InChI is InChI=1S/C15H15NO3/c1-11(16-14(18)7-8-15(16)19)13-6-2-4-12(10-13)5-3-9-17/h2,4,6,10-11,17H,7-9H2,1H3. The number of imide groups is 1. The Morgan fingerprint density at radius 2 is 2.00 bits per heavy atom. The smallest absolute Gasteiger partial charge is 0.230 e. The summed E-state index contributed by atoms with van der Waals surface area (Å²) in [5.41, 5.74) is 1.63. The van der Waals surface area contributed by atoms with E-state index in [4.69, 9.17) is 5.11 Å². The SMILES string of the molecule is CC(c1cccc(C#CCO)c1)N1C(=O)CCC1=O. The summed E-state index contributed by atoms with van der Waals surface area (Å²) in [5.74, 6) is 5.15. The Kier molecular flexibility index (Phi) is 3.98.